The van der Waals surface area contributed by atoms with Gasteiger partial charge < -0.3 is 4.90 Å². The average Bonchev–Trinajstić information content (AvgIpc) is 2.58. The number of benzene rings is 2. The van der Waals surface area contributed by atoms with E-state index in [1.54, 1.807) is 0 Å². The first-order chi connectivity index (χ1) is 10.8. The summed E-state index contributed by atoms with van der Waals surface area (Å²) in [6, 6.07) is 21.1. The van der Waals surface area contributed by atoms with Gasteiger partial charge in [-0.05, 0) is 37.1 Å². The highest BCUT2D eigenvalue weighted by molar-refractivity contribution is 5.36. The van der Waals surface area contributed by atoms with Crippen molar-refractivity contribution in [2.24, 2.45) is 5.41 Å². The van der Waals surface area contributed by atoms with Gasteiger partial charge in [0.25, 0.3) is 0 Å². The molecule has 1 nitrogen and oxygen atoms in total. The van der Waals surface area contributed by atoms with E-state index in [2.05, 4.69) is 53.4 Å². The summed E-state index contributed by atoms with van der Waals surface area (Å²) in [7, 11) is 0. The minimum absolute atomic E-state index is 0.160. The third kappa shape index (κ3) is 2.17. The number of hydrogen-bond donors (Lipinski definition) is 0. The van der Waals surface area contributed by atoms with Crippen LogP contribution in [-0.4, -0.2) is 30.7 Å². The highest BCUT2D eigenvalue weighted by Crippen LogP contribution is 2.54. The van der Waals surface area contributed by atoms with Crippen LogP contribution in [0.25, 0.3) is 0 Å². The SMILES string of the molecule is FC1CN2CCC1(C(c1ccccc1)c1ccccc1)CC2. The molecule has 1 unspecified atom stereocenters. The Balaban J connectivity index is 1.84. The summed E-state index contributed by atoms with van der Waals surface area (Å²) in [6.45, 7) is 2.68. The summed E-state index contributed by atoms with van der Waals surface area (Å²) in [5.41, 5.74) is 2.27. The Labute approximate surface area is 131 Å². The van der Waals surface area contributed by atoms with Crippen molar-refractivity contribution in [1.29, 1.82) is 0 Å². The summed E-state index contributed by atoms with van der Waals surface area (Å²) in [4.78, 5) is 2.28. The van der Waals surface area contributed by atoms with Crippen LogP contribution < -0.4 is 0 Å². The Kier molecular flexibility index (Phi) is 3.50. The molecule has 0 radical (unpaired) electrons. The van der Waals surface area contributed by atoms with Gasteiger partial charge in [0, 0.05) is 17.9 Å². The Morgan fingerprint density at radius 1 is 0.864 bits per heavy atom. The van der Waals surface area contributed by atoms with Crippen LogP contribution in [0.15, 0.2) is 60.7 Å². The molecule has 2 heteroatoms. The number of alkyl halides is 1. The number of piperidine rings is 3. The lowest BCUT2D eigenvalue weighted by Gasteiger charge is -2.54. The van der Waals surface area contributed by atoms with Gasteiger partial charge in [-0.25, -0.2) is 4.39 Å². The van der Waals surface area contributed by atoms with Crippen LogP contribution in [-0.2, 0) is 0 Å². The lowest BCUT2D eigenvalue weighted by Crippen LogP contribution is -2.58. The van der Waals surface area contributed by atoms with Crippen molar-refractivity contribution in [1.82, 2.24) is 4.90 Å². The van der Waals surface area contributed by atoms with Gasteiger partial charge in [0.15, 0.2) is 0 Å². The third-order valence-corrected chi connectivity index (χ3v) is 5.67. The largest absolute Gasteiger partial charge is 0.300 e. The second kappa shape index (κ2) is 5.51. The van der Waals surface area contributed by atoms with Crippen molar-refractivity contribution in [2.75, 3.05) is 19.6 Å². The van der Waals surface area contributed by atoms with Crippen molar-refractivity contribution >= 4 is 0 Å². The first-order valence-electron chi connectivity index (χ1n) is 8.26. The highest BCUT2D eigenvalue weighted by atomic mass is 19.1. The Morgan fingerprint density at radius 3 is 1.82 bits per heavy atom. The quantitative estimate of drug-likeness (QED) is 0.818. The molecule has 3 saturated heterocycles. The predicted molar refractivity (Wildman–Crippen MR) is 87.7 cm³/mol. The van der Waals surface area contributed by atoms with E-state index in [0.717, 1.165) is 25.9 Å². The second-order valence-electron chi connectivity index (χ2n) is 6.76. The van der Waals surface area contributed by atoms with Crippen LogP contribution in [0.3, 0.4) is 0 Å². The van der Waals surface area contributed by atoms with Gasteiger partial charge in [-0.2, -0.15) is 0 Å². The fourth-order valence-corrected chi connectivity index (χ4v) is 4.49. The summed E-state index contributed by atoms with van der Waals surface area (Å²) in [5, 5.41) is 0. The maximum Gasteiger partial charge on any atom is 0.119 e. The van der Waals surface area contributed by atoms with Crippen LogP contribution in [0.2, 0.25) is 0 Å². The standard InChI is InChI=1S/C20H22FN/c21-18-15-22-13-11-20(18,12-14-22)19(16-7-3-1-4-8-16)17-9-5-2-6-10-17/h1-10,18-19H,11-15H2. The Hall–Kier alpha value is -1.67. The van der Waals surface area contributed by atoms with E-state index >= 15 is 4.39 Å². The van der Waals surface area contributed by atoms with E-state index in [9.17, 15) is 0 Å². The van der Waals surface area contributed by atoms with Crippen LogP contribution in [0.4, 0.5) is 4.39 Å². The molecular formula is C20H22FN. The molecule has 1 atom stereocenters. The molecule has 0 aliphatic carbocycles. The smallest absolute Gasteiger partial charge is 0.119 e. The van der Waals surface area contributed by atoms with Gasteiger partial charge in [0.2, 0.25) is 0 Å². The molecule has 0 N–H and O–H groups in total. The number of nitrogens with zero attached hydrogens (tertiary/aromatic N) is 1. The van der Waals surface area contributed by atoms with Gasteiger partial charge in [-0.1, -0.05) is 60.7 Å². The summed E-state index contributed by atoms with van der Waals surface area (Å²) < 4.78 is 15.1. The van der Waals surface area contributed by atoms with Gasteiger partial charge >= 0.3 is 0 Å². The molecule has 2 aromatic rings. The maximum absolute atomic E-state index is 15.1. The van der Waals surface area contributed by atoms with Crippen molar-refractivity contribution in [3.8, 4) is 0 Å². The number of hydrogen-bond acceptors (Lipinski definition) is 1. The molecule has 0 amide bonds. The molecule has 22 heavy (non-hydrogen) atoms. The third-order valence-electron chi connectivity index (χ3n) is 5.67. The van der Waals surface area contributed by atoms with Crippen LogP contribution in [0.1, 0.15) is 29.9 Å². The minimum Gasteiger partial charge on any atom is -0.300 e. The average molecular weight is 295 g/mol. The van der Waals surface area contributed by atoms with E-state index in [1.807, 2.05) is 12.1 Å². The Morgan fingerprint density at radius 2 is 1.36 bits per heavy atom. The van der Waals surface area contributed by atoms with Crippen molar-refractivity contribution in [3.05, 3.63) is 71.8 Å². The monoisotopic (exact) mass is 295 g/mol. The van der Waals surface area contributed by atoms with Crippen molar-refractivity contribution in [3.63, 3.8) is 0 Å². The zero-order valence-electron chi connectivity index (χ0n) is 12.8. The maximum atomic E-state index is 15.1. The molecule has 3 aliphatic rings. The molecule has 2 aromatic carbocycles. The van der Waals surface area contributed by atoms with E-state index in [4.69, 9.17) is 0 Å². The zero-order chi connectivity index (χ0) is 15.0. The highest BCUT2D eigenvalue weighted by Gasteiger charge is 2.52. The first-order valence-corrected chi connectivity index (χ1v) is 8.26. The summed E-state index contributed by atoms with van der Waals surface area (Å²) >= 11 is 0. The van der Waals surface area contributed by atoms with Gasteiger partial charge in [-0.15, -0.1) is 0 Å². The molecule has 5 rings (SSSR count). The van der Waals surface area contributed by atoms with E-state index in [0.29, 0.717) is 6.54 Å². The molecule has 2 bridgehead atoms. The second-order valence-corrected chi connectivity index (χ2v) is 6.76. The molecule has 3 fully saturated rings. The Bertz CT molecular complexity index is 577. The molecule has 3 heterocycles. The van der Waals surface area contributed by atoms with Gasteiger partial charge in [0.1, 0.15) is 6.17 Å². The van der Waals surface area contributed by atoms with E-state index in [-0.39, 0.29) is 11.3 Å². The normalized spacial score (nSPS) is 30.6. The van der Waals surface area contributed by atoms with Crippen molar-refractivity contribution < 1.29 is 4.39 Å². The van der Waals surface area contributed by atoms with Crippen LogP contribution in [0.5, 0.6) is 0 Å². The number of fused-ring (bicyclic) bond motifs is 3. The molecule has 114 valence electrons. The number of halogens is 1. The summed E-state index contributed by atoms with van der Waals surface area (Å²) in [6.07, 6.45) is 1.19. The van der Waals surface area contributed by atoms with Crippen LogP contribution >= 0.6 is 0 Å². The van der Waals surface area contributed by atoms with Crippen LogP contribution in [0, 0.1) is 5.41 Å². The fourth-order valence-electron chi connectivity index (χ4n) is 4.49. The lowest BCUT2D eigenvalue weighted by atomic mass is 9.59. The predicted octanol–water partition coefficient (Wildman–Crippen LogP) is 4.25. The minimum atomic E-state index is -0.736. The van der Waals surface area contributed by atoms with E-state index in [1.165, 1.54) is 11.1 Å². The zero-order valence-corrected chi connectivity index (χ0v) is 12.8. The van der Waals surface area contributed by atoms with E-state index < -0.39 is 6.17 Å². The fraction of sp³-hybridized carbons (Fsp3) is 0.400. The molecule has 0 spiro atoms. The lowest BCUT2D eigenvalue weighted by molar-refractivity contribution is -0.0614. The topological polar surface area (TPSA) is 3.24 Å². The van der Waals surface area contributed by atoms with Gasteiger partial charge in [-0.3, -0.25) is 0 Å². The number of rotatable bonds is 3. The van der Waals surface area contributed by atoms with Gasteiger partial charge in [0.05, 0.1) is 0 Å². The van der Waals surface area contributed by atoms with Crippen molar-refractivity contribution in [2.45, 2.75) is 24.9 Å². The first kappa shape index (κ1) is 14.0. The molecule has 0 aromatic heterocycles. The summed E-state index contributed by atoms with van der Waals surface area (Å²) in [5.74, 6) is 0.160. The molecule has 0 saturated carbocycles. The molecule has 3 aliphatic heterocycles. The molecular weight excluding hydrogens is 273 g/mol.